The average Bonchev–Trinajstić information content (AvgIpc) is 3.35. The van der Waals surface area contributed by atoms with Gasteiger partial charge in [-0.15, -0.1) is 0 Å². The molecule has 4 heterocycles. The van der Waals surface area contributed by atoms with Gasteiger partial charge in [0, 0.05) is 55.6 Å². The lowest BCUT2D eigenvalue weighted by Gasteiger charge is -2.41. The SMILES string of the molecule is [C-]#[N+]C[C@H]1CN(c2nc(OC[C@@H]3CCC(=C)N3C)nc3c2CCN(c2cccc4cccc(C)c24)C3)CCN1C(=O)C(=C)F. The van der Waals surface area contributed by atoms with E-state index in [1.807, 2.05) is 7.05 Å². The molecule has 2 aromatic carbocycles. The predicted molar refractivity (Wildman–Crippen MR) is 170 cm³/mol. The monoisotopic (exact) mass is 595 g/mol. The Hall–Kier alpha value is -4.65. The number of fused-ring (bicyclic) bond motifs is 2. The van der Waals surface area contributed by atoms with Crippen molar-refractivity contribution in [3.05, 3.63) is 89.3 Å². The molecule has 0 radical (unpaired) electrons. The minimum atomic E-state index is -1.01. The molecule has 0 aliphatic carbocycles. The average molecular weight is 596 g/mol. The Labute approximate surface area is 258 Å². The minimum absolute atomic E-state index is 0.0677. The number of amides is 1. The van der Waals surface area contributed by atoms with E-state index in [4.69, 9.17) is 21.3 Å². The third-order valence-corrected chi connectivity index (χ3v) is 9.25. The van der Waals surface area contributed by atoms with Crippen molar-refractivity contribution >= 4 is 28.2 Å². The molecule has 0 saturated carbocycles. The molecular weight excluding hydrogens is 557 g/mol. The summed E-state index contributed by atoms with van der Waals surface area (Å²) in [5.41, 5.74) is 5.46. The minimum Gasteiger partial charge on any atom is -0.461 e. The Kier molecular flexibility index (Phi) is 8.13. The number of hydrogen-bond acceptors (Lipinski definition) is 7. The molecule has 6 rings (SSSR count). The van der Waals surface area contributed by atoms with Gasteiger partial charge in [-0.1, -0.05) is 43.5 Å². The Morgan fingerprint density at radius 3 is 2.64 bits per heavy atom. The Morgan fingerprint density at radius 2 is 1.91 bits per heavy atom. The number of nitrogens with zero attached hydrogens (tertiary/aromatic N) is 7. The molecule has 228 valence electrons. The van der Waals surface area contributed by atoms with Gasteiger partial charge >= 0.3 is 6.01 Å². The van der Waals surface area contributed by atoms with E-state index in [9.17, 15) is 9.18 Å². The maximum Gasteiger partial charge on any atom is 0.318 e. The highest BCUT2D eigenvalue weighted by molar-refractivity contribution is 5.97. The van der Waals surface area contributed by atoms with Crippen LogP contribution >= 0.6 is 0 Å². The van der Waals surface area contributed by atoms with Crippen molar-refractivity contribution in [3.63, 3.8) is 0 Å². The zero-order valence-electron chi connectivity index (χ0n) is 25.4. The molecule has 1 aromatic heterocycles. The molecule has 2 atom stereocenters. The van der Waals surface area contributed by atoms with Crippen molar-refractivity contribution in [2.75, 3.05) is 56.2 Å². The normalized spacial score (nSPS) is 20.1. The fourth-order valence-electron chi connectivity index (χ4n) is 6.75. The van der Waals surface area contributed by atoms with Crippen LogP contribution in [-0.2, 0) is 17.8 Å². The van der Waals surface area contributed by atoms with Gasteiger partial charge in [0.15, 0.2) is 5.83 Å². The molecule has 3 aliphatic rings. The Balaban J connectivity index is 1.34. The zero-order chi connectivity index (χ0) is 31.0. The standard InChI is InChI=1S/C34H38FN7O2/c1-22-8-6-9-25-10-7-11-30(31(22)25)40-15-14-28-29(20-40)37-34(44-21-26-13-12-23(2)39(26)5)38-32(28)41-16-17-42(33(43)24(3)35)27(19-41)18-36-4/h6-11,26-27H,2-3,12-21H2,1,5H3/t26-,27-/m0/s1. The number of likely N-dealkylation sites (N-methyl/N-ethyl adjacent to an activating group) is 1. The van der Waals surface area contributed by atoms with Crippen LogP contribution in [0, 0.1) is 13.5 Å². The van der Waals surface area contributed by atoms with Crippen LogP contribution in [0.2, 0.25) is 0 Å². The van der Waals surface area contributed by atoms with Gasteiger partial charge in [-0.2, -0.15) is 9.97 Å². The smallest absolute Gasteiger partial charge is 0.318 e. The van der Waals surface area contributed by atoms with Gasteiger partial charge in [0.2, 0.25) is 6.54 Å². The number of hydrogen-bond donors (Lipinski definition) is 0. The van der Waals surface area contributed by atoms with E-state index in [2.05, 4.69) is 76.0 Å². The molecule has 0 N–H and O–H groups in total. The highest BCUT2D eigenvalue weighted by atomic mass is 19.1. The largest absolute Gasteiger partial charge is 0.461 e. The summed E-state index contributed by atoms with van der Waals surface area (Å²) in [6.45, 7) is 19.9. The van der Waals surface area contributed by atoms with Gasteiger partial charge in [-0.25, -0.2) is 11.0 Å². The second-order valence-electron chi connectivity index (χ2n) is 11.9. The summed E-state index contributed by atoms with van der Waals surface area (Å²) in [4.78, 5) is 34.0. The first-order chi connectivity index (χ1) is 21.2. The summed E-state index contributed by atoms with van der Waals surface area (Å²) in [6, 6.07) is 12.8. The number of allylic oxidation sites excluding steroid dienone is 1. The van der Waals surface area contributed by atoms with E-state index in [-0.39, 0.29) is 19.1 Å². The number of rotatable bonds is 7. The van der Waals surface area contributed by atoms with Crippen molar-refractivity contribution in [2.45, 2.75) is 44.8 Å². The maximum absolute atomic E-state index is 13.8. The number of carbonyl (C=O) groups excluding carboxylic acids is 1. The number of halogens is 1. The second-order valence-corrected chi connectivity index (χ2v) is 11.9. The first-order valence-corrected chi connectivity index (χ1v) is 15.1. The summed E-state index contributed by atoms with van der Waals surface area (Å²) in [7, 11) is 2.04. The van der Waals surface area contributed by atoms with E-state index < -0.39 is 17.8 Å². The van der Waals surface area contributed by atoms with Gasteiger partial charge in [0.05, 0.1) is 18.3 Å². The van der Waals surface area contributed by atoms with Crippen LogP contribution in [-0.4, -0.2) is 84.1 Å². The van der Waals surface area contributed by atoms with E-state index >= 15 is 0 Å². The highest BCUT2D eigenvalue weighted by Crippen LogP contribution is 2.36. The summed E-state index contributed by atoms with van der Waals surface area (Å²) < 4.78 is 20.1. The van der Waals surface area contributed by atoms with Crippen molar-refractivity contribution in [2.24, 2.45) is 0 Å². The quantitative estimate of drug-likeness (QED) is 0.284. The lowest BCUT2D eigenvalue weighted by atomic mass is 9.99. The van der Waals surface area contributed by atoms with Gasteiger partial charge in [-0.3, -0.25) is 4.79 Å². The number of benzene rings is 2. The number of ether oxygens (including phenoxy) is 1. The molecule has 9 nitrogen and oxygen atoms in total. The molecule has 3 aliphatic heterocycles. The first kappa shape index (κ1) is 29.4. The van der Waals surface area contributed by atoms with Crippen molar-refractivity contribution in [1.29, 1.82) is 0 Å². The topological polar surface area (TPSA) is 69.4 Å². The molecule has 0 unspecified atom stereocenters. The number of aryl methyl sites for hydroxylation is 1. The Morgan fingerprint density at radius 1 is 1.11 bits per heavy atom. The molecule has 44 heavy (non-hydrogen) atoms. The third-order valence-electron chi connectivity index (χ3n) is 9.25. The summed E-state index contributed by atoms with van der Waals surface area (Å²) >= 11 is 0. The number of piperazine rings is 1. The fraction of sp³-hybridized carbons (Fsp3) is 0.412. The maximum atomic E-state index is 13.8. The zero-order valence-corrected chi connectivity index (χ0v) is 25.4. The number of anilines is 2. The molecular formula is C34H38FN7O2. The van der Waals surface area contributed by atoms with Crippen LogP contribution in [0.4, 0.5) is 15.9 Å². The van der Waals surface area contributed by atoms with Gasteiger partial charge < -0.3 is 29.2 Å². The van der Waals surface area contributed by atoms with Gasteiger partial charge in [0.1, 0.15) is 18.5 Å². The summed E-state index contributed by atoms with van der Waals surface area (Å²) in [5, 5.41) is 2.45. The van der Waals surface area contributed by atoms with Crippen molar-refractivity contribution < 1.29 is 13.9 Å². The number of aromatic nitrogens is 2. The van der Waals surface area contributed by atoms with Crippen LogP contribution in [0.5, 0.6) is 6.01 Å². The molecule has 0 spiro atoms. The second kappa shape index (κ2) is 12.2. The molecule has 3 aromatic rings. The highest BCUT2D eigenvalue weighted by Gasteiger charge is 2.36. The molecule has 2 fully saturated rings. The van der Waals surface area contributed by atoms with Crippen LogP contribution in [0.1, 0.15) is 29.7 Å². The van der Waals surface area contributed by atoms with Gasteiger partial charge in [-0.05, 0) is 43.2 Å². The molecule has 2 saturated heterocycles. The lowest BCUT2D eigenvalue weighted by Crippen LogP contribution is -2.57. The Bertz CT molecular complexity index is 1660. The van der Waals surface area contributed by atoms with E-state index in [0.717, 1.165) is 48.6 Å². The number of carbonyl (C=O) groups is 1. The molecule has 1 amide bonds. The van der Waals surface area contributed by atoms with Crippen LogP contribution < -0.4 is 14.5 Å². The van der Waals surface area contributed by atoms with Crippen LogP contribution in [0.3, 0.4) is 0 Å². The predicted octanol–water partition coefficient (Wildman–Crippen LogP) is 4.91. The van der Waals surface area contributed by atoms with Crippen molar-refractivity contribution in [3.8, 4) is 6.01 Å². The van der Waals surface area contributed by atoms with E-state index in [1.165, 1.54) is 26.9 Å². The fourth-order valence-corrected chi connectivity index (χ4v) is 6.75. The molecule has 10 heteroatoms. The third kappa shape index (κ3) is 5.54. The van der Waals surface area contributed by atoms with E-state index in [1.54, 1.807) is 0 Å². The van der Waals surface area contributed by atoms with Crippen LogP contribution in [0.15, 0.2) is 61.1 Å². The first-order valence-electron chi connectivity index (χ1n) is 15.1. The van der Waals surface area contributed by atoms with E-state index in [0.29, 0.717) is 32.3 Å². The lowest BCUT2D eigenvalue weighted by molar-refractivity contribution is -0.131. The summed E-state index contributed by atoms with van der Waals surface area (Å²) in [6.07, 6.45) is 2.64. The van der Waals surface area contributed by atoms with Gasteiger partial charge in [0.25, 0.3) is 5.91 Å². The summed E-state index contributed by atoms with van der Waals surface area (Å²) in [5.74, 6) is -0.994. The molecule has 0 bridgehead atoms. The van der Waals surface area contributed by atoms with Crippen LogP contribution in [0.25, 0.3) is 15.6 Å². The van der Waals surface area contributed by atoms with Crippen molar-refractivity contribution in [1.82, 2.24) is 19.8 Å². The number of likely N-dealkylation sites (tertiary alicyclic amines) is 1.